The van der Waals surface area contributed by atoms with Crippen LogP contribution in [0.2, 0.25) is 5.02 Å². The van der Waals surface area contributed by atoms with Crippen LogP contribution in [0.3, 0.4) is 0 Å². The molecule has 0 aliphatic carbocycles. The van der Waals surface area contributed by atoms with Gasteiger partial charge in [0.1, 0.15) is 5.65 Å². The van der Waals surface area contributed by atoms with Gasteiger partial charge in [0.25, 0.3) is 0 Å². The van der Waals surface area contributed by atoms with Crippen molar-refractivity contribution in [2.75, 3.05) is 0 Å². The van der Waals surface area contributed by atoms with Gasteiger partial charge in [0.05, 0.1) is 33.1 Å². The number of halogens is 1. The fourth-order valence-electron chi connectivity index (χ4n) is 4.76. The van der Waals surface area contributed by atoms with Crippen LogP contribution in [0.4, 0.5) is 0 Å². The third-order valence-electron chi connectivity index (χ3n) is 6.69. The number of sulfone groups is 1. The maximum atomic E-state index is 13.6. The summed E-state index contributed by atoms with van der Waals surface area (Å²) in [7, 11) is -3.64. The average molecular weight is 567 g/mol. The van der Waals surface area contributed by atoms with E-state index in [4.69, 9.17) is 16.6 Å². The van der Waals surface area contributed by atoms with E-state index in [1.165, 1.54) is 6.20 Å². The summed E-state index contributed by atoms with van der Waals surface area (Å²) in [4.78, 5) is 30.1. The minimum atomic E-state index is -3.64. The zero-order chi connectivity index (χ0) is 27.9. The number of pyridine rings is 4. The number of hydrogen-bond acceptors (Lipinski definition) is 6. The van der Waals surface area contributed by atoms with Crippen molar-refractivity contribution in [2.24, 2.45) is 0 Å². The highest BCUT2D eigenvalue weighted by atomic mass is 35.5. The maximum absolute atomic E-state index is 13.6. The van der Waals surface area contributed by atoms with Crippen molar-refractivity contribution in [3.05, 3.63) is 123 Å². The van der Waals surface area contributed by atoms with E-state index >= 15 is 0 Å². The monoisotopic (exact) mass is 566 g/mol. The topological polar surface area (TPSA) is 106 Å². The van der Waals surface area contributed by atoms with Crippen LogP contribution in [0.25, 0.3) is 44.3 Å². The van der Waals surface area contributed by atoms with Crippen molar-refractivity contribution in [2.45, 2.75) is 18.4 Å². The number of nitrogens with zero attached hydrogens (tertiary/aromatic N) is 3. The molecule has 0 atom stereocenters. The summed E-state index contributed by atoms with van der Waals surface area (Å²) in [6, 6.07) is 22.4. The van der Waals surface area contributed by atoms with E-state index in [9.17, 15) is 13.2 Å². The highest BCUT2D eigenvalue weighted by molar-refractivity contribution is 7.89. The molecular weight excluding hydrogens is 544 g/mol. The van der Waals surface area contributed by atoms with E-state index in [-0.39, 0.29) is 16.7 Å². The SMILES string of the molecule is Cc1ccc(CS(=O)(=O)Cc2c[nH]c3nc(-c4ccccc4)c(-c4cc(Cl)c5ncccc5c4)cc3c2=O)cn1. The van der Waals surface area contributed by atoms with Crippen molar-refractivity contribution in [3.8, 4) is 22.4 Å². The minimum Gasteiger partial charge on any atom is -0.346 e. The van der Waals surface area contributed by atoms with Crippen molar-refractivity contribution in [3.63, 3.8) is 0 Å². The first-order valence-corrected chi connectivity index (χ1v) is 14.7. The molecule has 9 heteroatoms. The summed E-state index contributed by atoms with van der Waals surface area (Å²) in [6.45, 7) is 1.83. The van der Waals surface area contributed by atoms with Gasteiger partial charge in [-0.15, -0.1) is 0 Å². The molecule has 0 radical (unpaired) electrons. The van der Waals surface area contributed by atoms with Gasteiger partial charge < -0.3 is 4.98 Å². The first-order valence-electron chi connectivity index (χ1n) is 12.5. The molecule has 0 unspecified atom stereocenters. The van der Waals surface area contributed by atoms with Gasteiger partial charge in [0, 0.05) is 46.4 Å². The first-order chi connectivity index (χ1) is 19.3. The molecule has 4 aromatic heterocycles. The Balaban J connectivity index is 1.49. The summed E-state index contributed by atoms with van der Waals surface area (Å²) < 4.78 is 26.0. The number of rotatable bonds is 6. The number of benzene rings is 2. The first kappa shape index (κ1) is 25.9. The van der Waals surface area contributed by atoms with Crippen LogP contribution in [0.5, 0.6) is 0 Å². The Morgan fingerprint density at radius 2 is 1.73 bits per heavy atom. The van der Waals surface area contributed by atoms with E-state index in [1.54, 1.807) is 30.6 Å². The van der Waals surface area contributed by atoms with Gasteiger partial charge in [-0.3, -0.25) is 14.8 Å². The molecule has 7 nitrogen and oxygen atoms in total. The zero-order valence-electron chi connectivity index (χ0n) is 21.4. The van der Waals surface area contributed by atoms with Crippen molar-refractivity contribution >= 4 is 43.4 Å². The maximum Gasteiger partial charge on any atom is 0.195 e. The van der Waals surface area contributed by atoms with E-state index in [0.717, 1.165) is 22.2 Å². The van der Waals surface area contributed by atoms with Crippen LogP contribution >= 0.6 is 11.6 Å². The molecule has 0 aliphatic rings. The third kappa shape index (κ3) is 5.11. The Bertz CT molecular complexity index is 2060. The van der Waals surface area contributed by atoms with Crippen LogP contribution in [0.15, 0.2) is 96.2 Å². The Labute approximate surface area is 235 Å². The highest BCUT2D eigenvalue weighted by Crippen LogP contribution is 2.36. The van der Waals surface area contributed by atoms with Gasteiger partial charge in [0.2, 0.25) is 0 Å². The van der Waals surface area contributed by atoms with Gasteiger partial charge in [-0.2, -0.15) is 0 Å². The van der Waals surface area contributed by atoms with E-state index in [1.807, 2.05) is 61.5 Å². The second-order valence-electron chi connectivity index (χ2n) is 9.66. The molecule has 6 rings (SSSR count). The van der Waals surface area contributed by atoms with E-state index in [0.29, 0.717) is 38.4 Å². The van der Waals surface area contributed by atoms with Crippen LogP contribution in [-0.2, 0) is 21.3 Å². The normalized spacial score (nSPS) is 11.8. The zero-order valence-corrected chi connectivity index (χ0v) is 23.0. The standard InChI is InChI=1S/C31H23ClN4O3S/c1-19-9-10-20(15-34-19)17-40(38,39)18-24-16-35-31-26(30(24)37)14-25(28(36-31)21-6-3-2-4-7-21)23-12-22-8-5-11-33-29(22)27(32)13-23/h2-16H,17-18H2,1H3,(H,35,36,37). The highest BCUT2D eigenvalue weighted by Gasteiger charge is 2.20. The van der Waals surface area contributed by atoms with Gasteiger partial charge >= 0.3 is 0 Å². The van der Waals surface area contributed by atoms with Crippen molar-refractivity contribution in [1.82, 2.24) is 19.9 Å². The Hall–Kier alpha value is -4.40. The predicted octanol–water partition coefficient (Wildman–Crippen LogP) is 6.28. The van der Waals surface area contributed by atoms with Gasteiger partial charge in [0.15, 0.2) is 15.3 Å². The molecule has 4 heterocycles. The molecule has 198 valence electrons. The average Bonchev–Trinajstić information content (AvgIpc) is 2.95. The van der Waals surface area contributed by atoms with Gasteiger partial charge in [-0.05, 0) is 48.4 Å². The third-order valence-corrected chi connectivity index (χ3v) is 8.51. The number of nitrogens with one attached hydrogen (secondary N) is 1. The lowest BCUT2D eigenvalue weighted by atomic mass is 9.96. The molecule has 0 spiro atoms. The Kier molecular flexibility index (Phi) is 6.65. The molecule has 0 saturated heterocycles. The predicted molar refractivity (Wildman–Crippen MR) is 159 cm³/mol. The lowest BCUT2D eigenvalue weighted by Crippen LogP contribution is -2.17. The molecule has 0 amide bonds. The number of hydrogen-bond donors (Lipinski definition) is 1. The summed E-state index contributed by atoms with van der Waals surface area (Å²) in [5, 5.41) is 1.62. The fourth-order valence-corrected chi connectivity index (χ4v) is 6.51. The number of H-pyrrole nitrogens is 1. The lowest BCUT2D eigenvalue weighted by Gasteiger charge is -2.13. The van der Waals surface area contributed by atoms with E-state index in [2.05, 4.69) is 15.0 Å². The molecule has 6 aromatic rings. The molecule has 40 heavy (non-hydrogen) atoms. The summed E-state index contributed by atoms with van der Waals surface area (Å²) in [5.74, 6) is -0.618. The van der Waals surface area contributed by atoms with Crippen LogP contribution in [-0.4, -0.2) is 28.4 Å². The van der Waals surface area contributed by atoms with Crippen molar-refractivity contribution in [1.29, 1.82) is 0 Å². The molecule has 1 N–H and O–H groups in total. The number of fused-ring (bicyclic) bond motifs is 2. The molecule has 0 fully saturated rings. The molecular formula is C31H23ClN4O3S. The molecule has 2 aromatic carbocycles. The Morgan fingerprint density at radius 3 is 2.50 bits per heavy atom. The summed E-state index contributed by atoms with van der Waals surface area (Å²) in [5.41, 5.74) is 5.16. The summed E-state index contributed by atoms with van der Waals surface area (Å²) in [6.07, 6.45) is 4.67. The van der Waals surface area contributed by atoms with Crippen LogP contribution in [0, 0.1) is 6.92 Å². The fraction of sp³-hybridized carbons (Fsp3) is 0.0968. The molecule has 0 saturated carbocycles. The number of aromatic nitrogens is 4. The van der Waals surface area contributed by atoms with Gasteiger partial charge in [-0.25, -0.2) is 13.4 Å². The molecule has 0 bridgehead atoms. The Morgan fingerprint density at radius 1 is 0.900 bits per heavy atom. The number of aryl methyl sites for hydroxylation is 1. The number of aromatic amines is 1. The van der Waals surface area contributed by atoms with Gasteiger partial charge in [-0.1, -0.05) is 54.1 Å². The van der Waals surface area contributed by atoms with Crippen LogP contribution in [0.1, 0.15) is 16.8 Å². The quantitative estimate of drug-likeness (QED) is 0.254. The minimum absolute atomic E-state index is 0.147. The van der Waals surface area contributed by atoms with Crippen molar-refractivity contribution < 1.29 is 8.42 Å². The lowest BCUT2D eigenvalue weighted by molar-refractivity contribution is 0.594. The second-order valence-corrected chi connectivity index (χ2v) is 12.1. The summed E-state index contributed by atoms with van der Waals surface area (Å²) >= 11 is 6.61. The second kappa shape index (κ2) is 10.3. The smallest absolute Gasteiger partial charge is 0.195 e. The van der Waals surface area contributed by atoms with Crippen LogP contribution < -0.4 is 5.43 Å². The van der Waals surface area contributed by atoms with E-state index < -0.39 is 15.6 Å². The largest absolute Gasteiger partial charge is 0.346 e. The molecule has 0 aliphatic heterocycles.